The molecular formula is C22H24O5. The Morgan fingerprint density at radius 1 is 0.926 bits per heavy atom. The number of cyclic esters (lactones) is 1. The number of esters is 1. The molecule has 27 heavy (non-hydrogen) atoms. The van der Waals surface area contributed by atoms with Crippen molar-refractivity contribution in [2.75, 3.05) is 14.2 Å². The molecule has 2 aromatic carbocycles. The Balaban J connectivity index is 1.68. The molecule has 0 radical (unpaired) electrons. The van der Waals surface area contributed by atoms with Gasteiger partial charge in [0.25, 0.3) is 0 Å². The third-order valence-electron chi connectivity index (χ3n) is 4.53. The smallest absolute Gasteiger partial charge is 0.334 e. The van der Waals surface area contributed by atoms with Gasteiger partial charge in [0.1, 0.15) is 17.6 Å². The second-order valence-electron chi connectivity index (χ2n) is 6.33. The fourth-order valence-electron chi connectivity index (χ4n) is 3.06. The Labute approximate surface area is 159 Å². The molecule has 5 nitrogen and oxygen atoms in total. The van der Waals surface area contributed by atoms with E-state index in [-0.39, 0.29) is 0 Å². The topological polar surface area (TPSA) is 54.0 Å². The van der Waals surface area contributed by atoms with Crippen LogP contribution in [0, 0.1) is 0 Å². The first-order chi connectivity index (χ1) is 13.2. The van der Waals surface area contributed by atoms with Gasteiger partial charge < -0.3 is 18.9 Å². The number of methoxy groups -OCH3 is 2. The van der Waals surface area contributed by atoms with Crippen LogP contribution in [0.1, 0.15) is 17.5 Å². The van der Waals surface area contributed by atoms with Crippen LogP contribution in [0.4, 0.5) is 0 Å². The van der Waals surface area contributed by atoms with Gasteiger partial charge in [-0.3, -0.25) is 0 Å². The van der Waals surface area contributed by atoms with Gasteiger partial charge >= 0.3 is 5.97 Å². The predicted molar refractivity (Wildman–Crippen MR) is 101 cm³/mol. The average molecular weight is 368 g/mol. The van der Waals surface area contributed by atoms with E-state index in [9.17, 15) is 4.79 Å². The molecule has 1 aliphatic rings. The van der Waals surface area contributed by atoms with Gasteiger partial charge in [-0.2, -0.15) is 0 Å². The van der Waals surface area contributed by atoms with Crippen molar-refractivity contribution in [3.63, 3.8) is 0 Å². The van der Waals surface area contributed by atoms with E-state index < -0.39 is 18.2 Å². The number of rotatable bonds is 8. The lowest BCUT2D eigenvalue weighted by atomic mass is 10.0. The molecule has 0 bridgehead atoms. The van der Waals surface area contributed by atoms with Gasteiger partial charge in [0.2, 0.25) is 0 Å². The first kappa shape index (κ1) is 19.0. The van der Waals surface area contributed by atoms with Crippen molar-refractivity contribution in [3.8, 4) is 5.75 Å². The second kappa shape index (κ2) is 9.24. The maximum Gasteiger partial charge on any atom is 0.334 e. The fraction of sp³-hybridized carbons (Fsp3) is 0.318. The van der Waals surface area contributed by atoms with Crippen LogP contribution in [0.3, 0.4) is 0 Å². The molecule has 0 aliphatic carbocycles. The van der Waals surface area contributed by atoms with E-state index in [0.29, 0.717) is 18.8 Å². The predicted octanol–water partition coefficient (Wildman–Crippen LogP) is 3.67. The lowest BCUT2D eigenvalue weighted by Crippen LogP contribution is -2.39. The van der Waals surface area contributed by atoms with E-state index in [4.69, 9.17) is 18.9 Å². The number of aryl methyl sites for hydroxylation is 1. The summed E-state index contributed by atoms with van der Waals surface area (Å²) in [7, 11) is 3.18. The van der Waals surface area contributed by atoms with Crippen LogP contribution in [-0.4, -0.2) is 32.4 Å². The van der Waals surface area contributed by atoms with E-state index in [1.807, 2.05) is 42.5 Å². The van der Waals surface area contributed by atoms with Crippen molar-refractivity contribution < 1.29 is 23.7 Å². The highest BCUT2D eigenvalue weighted by molar-refractivity contribution is 5.83. The molecule has 0 spiro atoms. The first-order valence-corrected chi connectivity index (χ1v) is 8.94. The number of hydrogen-bond acceptors (Lipinski definition) is 5. The van der Waals surface area contributed by atoms with Crippen molar-refractivity contribution >= 4 is 5.97 Å². The molecule has 0 amide bonds. The van der Waals surface area contributed by atoms with Crippen LogP contribution in [0.25, 0.3) is 0 Å². The van der Waals surface area contributed by atoms with E-state index in [2.05, 4.69) is 12.1 Å². The maximum absolute atomic E-state index is 11.9. The lowest BCUT2D eigenvalue weighted by Gasteiger charge is -2.31. The van der Waals surface area contributed by atoms with E-state index >= 15 is 0 Å². The SMILES string of the molecule is COC1=CC(=O)O[C@H](CCc2ccccc2)[C@@H]1OCc1ccc(OC)cc1. The van der Waals surface area contributed by atoms with E-state index in [1.165, 1.54) is 11.6 Å². The van der Waals surface area contributed by atoms with Crippen molar-refractivity contribution in [2.45, 2.75) is 31.7 Å². The highest BCUT2D eigenvalue weighted by Crippen LogP contribution is 2.25. The van der Waals surface area contributed by atoms with Crippen molar-refractivity contribution in [1.29, 1.82) is 0 Å². The fourth-order valence-corrected chi connectivity index (χ4v) is 3.06. The number of ether oxygens (including phenoxy) is 4. The summed E-state index contributed by atoms with van der Waals surface area (Å²) >= 11 is 0. The normalized spacial score (nSPS) is 19.2. The summed E-state index contributed by atoms with van der Waals surface area (Å²) < 4.78 is 22.2. The molecule has 0 N–H and O–H groups in total. The zero-order chi connectivity index (χ0) is 19.1. The Hall–Kier alpha value is -2.79. The van der Waals surface area contributed by atoms with Gasteiger partial charge in [-0.05, 0) is 36.1 Å². The number of benzene rings is 2. The van der Waals surface area contributed by atoms with Crippen molar-refractivity contribution in [2.24, 2.45) is 0 Å². The molecule has 0 saturated heterocycles. The highest BCUT2D eigenvalue weighted by atomic mass is 16.6. The molecule has 0 unspecified atom stereocenters. The van der Waals surface area contributed by atoms with Crippen LogP contribution < -0.4 is 4.74 Å². The van der Waals surface area contributed by atoms with Gasteiger partial charge in [0.05, 0.1) is 26.9 Å². The summed E-state index contributed by atoms with van der Waals surface area (Å²) in [6, 6.07) is 17.8. The highest BCUT2D eigenvalue weighted by Gasteiger charge is 2.34. The molecule has 5 heteroatoms. The molecule has 2 aromatic rings. The largest absolute Gasteiger partial charge is 0.498 e. The number of carbonyl (C=O) groups excluding carboxylic acids is 1. The Kier molecular flexibility index (Phi) is 6.49. The van der Waals surface area contributed by atoms with Crippen molar-refractivity contribution in [1.82, 2.24) is 0 Å². The molecule has 3 rings (SSSR count). The third kappa shape index (κ3) is 5.11. The van der Waals surface area contributed by atoms with Crippen LogP contribution in [-0.2, 0) is 32.0 Å². The Morgan fingerprint density at radius 3 is 2.33 bits per heavy atom. The van der Waals surface area contributed by atoms with E-state index in [0.717, 1.165) is 17.7 Å². The lowest BCUT2D eigenvalue weighted by molar-refractivity contribution is -0.157. The van der Waals surface area contributed by atoms with Crippen LogP contribution in [0.2, 0.25) is 0 Å². The van der Waals surface area contributed by atoms with Crippen molar-refractivity contribution in [3.05, 3.63) is 77.6 Å². The molecule has 2 atom stereocenters. The third-order valence-corrected chi connectivity index (χ3v) is 4.53. The summed E-state index contributed by atoms with van der Waals surface area (Å²) in [6.45, 7) is 0.384. The summed E-state index contributed by atoms with van der Waals surface area (Å²) in [4.78, 5) is 11.9. The van der Waals surface area contributed by atoms with Gasteiger partial charge in [-0.25, -0.2) is 4.79 Å². The molecule has 1 aliphatic heterocycles. The molecule has 0 saturated carbocycles. The van der Waals surface area contributed by atoms with Crippen LogP contribution in [0.15, 0.2) is 66.4 Å². The minimum atomic E-state index is -0.432. The van der Waals surface area contributed by atoms with Crippen LogP contribution in [0.5, 0.6) is 5.75 Å². The maximum atomic E-state index is 11.9. The molecule has 0 aromatic heterocycles. The summed E-state index contributed by atoms with van der Waals surface area (Å²) in [5.74, 6) is 0.899. The molecular weight excluding hydrogens is 344 g/mol. The summed E-state index contributed by atoms with van der Waals surface area (Å²) in [6.07, 6.45) is 1.98. The minimum Gasteiger partial charge on any atom is -0.498 e. The zero-order valence-corrected chi connectivity index (χ0v) is 15.6. The van der Waals surface area contributed by atoms with E-state index in [1.54, 1.807) is 14.2 Å². The second-order valence-corrected chi connectivity index (χ2v) is 6.33. The van der Waals surface area contributed by atoms with Gasteiger partial charge in [-0.1, -0.05) is 42.5 Å². The summed E-state index contributed by atoms with van der Waals surface area (Å²) in [5, 5.41) is 0. The number of carbonyl (C=O) groups is 1. The molecule has 1 heterocycles. The standard InChI is InChI=1S/C22H24O5/c1-24-18-11-8-17(9-12-18)15-26-22-19(27-21(23)14-20(22)25-2)13-10-16-6-4-3-5-7-16/h3-9,11-12,14,19,22H,10,13,15H2,1-2H3/t19-,22+/m1/s1. The average Bonchev–Trinajstić information content (AvgIpc) is 2.72. The molecule has 142 valence electrons. The zero-order valence-electron chi connectivity index (χ0n) is 15.6. The van der Waals surface area contributed by atoms with Crippen LogP contribution >= 0.6 is 0 Å². The molecule has 0 fully saturated rings. The number of hydrogen-bond donors (Lipinski definition) is 0. The minimum absolute atomic E-state index is 0.384. The van der Waals surface area contributed by atoms with Gasteiger partial charge in [0.15, 0.2) is 6.10 Å². The Bertz CT molecular complexity index is 767. The Morgan fingerprint density at radius 2 is 1.67 bits per heavy atom. The monoisotopic (exact) mass is 368 g/mol. The summed E-state index contributed by atoms with van der Waals surface area (Å²) in [5.41, 5.74) is 2.20. The first-order valence-electron chi connectivity index (χ1n) is 8.94. The quantitative estimate of drug-likeness (QED) is 0.666. The van der Waals surface area contributed by atoms with Gasteiger partial charge in [-0.15, -0.1) is 0 Å². The van der Waals surface area contributed by atoms with Gasteiger partial charge in [0, 0.05) is 0 Å².